The van der Waals surface area contributed by atoms with Crippen molar-refractivity contribution in [1.29, 1.82) is 0 Å². The van der Waals surface area contributed by atoms with E-state index >= 15 is 0 Å². The van der Waals surface area contributed by atoms with Gasteiger partial charge in [0.1, 0.15) is 0 Å². The molecule has 1 fully saturated rings. The second kappa shape index (κ2) is 4.74. The van der Waals surface area contributed by atoms with Crippen molar-refractivity contribution in [3.05, 3.63) is 0 Å². The van der Waals surface area contributed by atoms with Crippen LogP contribution in [-0.4, -0.2) is 31.9 Å². The van der Waals surface area contributed by atoms with Gasteiger partial charge in [-0.3, -0.25) is 0 Å². The zero-order chi connectivity index (χ0) is 11.7. The van der Waals surface area contributed by atoms with E-state index in [1.807, 2.05) is 4.42 Å². The van der Waals surface area contributed by atoms with E-state index in [1.54, 1.807) is 0 Å². The first kappa shape index (κ1) is 13.5. The quantitative estimate of drug-likeness (QED) is 0.560. The van der Waals surface area contributed by atoms with E-state index in [9.17, 15) is 0 Å². The molecule has 0 aromatic rings. The third kappa shape index (κ3) is 3.45. The van der Waals surface area contributed by atoms with Crippen LogP contribution in [0, 0.1) is 0 Å². The fourth-order valence-corrected chi connectivity index (χ4v) is 2.80. The smallest absolute Gasteiger partial charge is 0.192 e. The Bertz CT molecular complexity index is 215. The summed E-state index contributed by atoms with van der Waals surface area (Å²) in [5.41, 5.74) is 0. The summed E-state index contributed by atoms with van der Waals surface area (Å²) in [7, 11) is -1.59. The molecule has 0 saturated carbocycles. The van der Waals surface area contributed by atoms with E-state index in [2.05, 4.69) is 33.9 Å². The average Bonchev–Trinajstić information content (AvgIpc) is 2.46. The fraction of sp³-hybridized carbons (Fsp3) is 1.00. The van der Waals surface area contributed by atoms with Gasteiger partial charge >= 0.3 is 0 Å². The van der Waals surface area contributed by atoms with Crippen LogP contribution in [0.3, 0.4) is 0 Å². The molecular weight excluding hydrogens is 226 g/mol. The van der Waals surface area contributed by atoms with E-state index in [4.69, 9.17) is 16.2 Å². The summed E-state index contributed by atoms with van der Waals surface area (Å²) in [5, 5.41) is 0.294. The first-order valence-corrected chi connectivity index (χ1v) is 9.05. The van der Waals surface area contributed by atoms with Crippen molar-refractivity contribution in [1.82, 2.24) is 4.42 Å². The summed E-state index contributed by atoms with van der Waals surface area (Å²) in [6.45, 7) is 13.2. The van der Waals surface area contributed by atoms with Crippen LogP contribution in [0.4, 0.5) is 0 Å². The maximum absolute atomic E-state index is 6.16. The van der Waals surface area contributed by atoms with Crippen LogP contribution in [-0.2, 0) is 4.43 Å². The molecule has 1 heterocycles. The average molecular weight is 250 g/mol. The molecule has 15 heavy (non-hydrogen) atoms. The molecule has 0 aromatic heterocycles. The lowest BCUT2D eigenvalue weighted by Gasteiger charge is -2.37. The highest BCUT2D eigenvalue weighted by molar-refractivity contribution is 6.74. The zero-order valence-electron chi connectivity index (χ0n) is 10.6. The number of hydrogen-bond donors (Lipinski definition) is 0. The Morgan fingerprint density at radius 2 is 2.00 bits per heavy atom. The maximum Gasteiger partial charge on any atom is 0.192 e. The Morgan fingerprint density at radius 1 is 1.40 bits per heavy atom. The van der Waals surface area contributed by atoms with Crippen LogP contribution in [0.15, 0.2) is 0 Å². The summed E-state index contributed by atoms with van der Waals surface area (Å²) >= 11 is 6.09. The van der Waals surface area contributed by atoms with Gasteiger partial charge in [0, 0.05) is 12.6 Å². The topological polar surface area (TPSA) is 12.5 Å². The second-order valence-corrected chi connectivity index (χ2v) is 11.2. The van der Waals surface area contributed by atoms with Crippen LogP contribution in [0.5, 0.6) is 0 Å². The largest absolute Gasteiger partial charge is 0.415 e. The Kier molecular flexibility index (Phi) is 4.26. The lowest BCUT2D eigenvalue weighted by molar-refractivity contribution is 0.218. The first-order valence-electron chi connectivity index (χ1n) is 5.80. The normalized spacial score (nSPS) is 24.8. The molecule has 0 spiro atoms. The monoisotopic (exact) mass is 249 g/mol. The molecule has 1 atom stereocenters. The highest BCUT2D eigenvalue weighted by Crippen LogP contribution is 2.37. The van der Waals surface area contributed by atoms with E-state index < -0.39 is 8.32 Å². The van der Waals surface area contributed by atoms with Gasteiger partial charge in [0.15, 0.2) is 8.32 Å². The molecule has 2 nitrogen and oxygen atoms in total. The van der Waals surface area contributed by atoms with Gasteiger partial charge < -0.3 is 4.43 Å². The number of nitrogens with zero attached hydrogens (tertiary/aromatic N) is 1. The number of hydrogen-bond acceptors (Lipinski definition) is 2. The molecule has 90 valence electrons. The summed E-state index contributed by atoms with van der Waals surface area (Å²) in [4.78, 5) is 0. The molecule has 4 heteroatoms. The van der Waals surface area contributed by atoms with Gasteiger partial charge in [-0.05, 0) is 42.8 Å². The molecule has 0 bridgehead atoms. The number of rotatable bonds is 3. The summed E-state index contributed by atoms with van der Waals surface area (Å²) < 4.78 is 8.07. The van der Waals surface area contributed by atoms with E-state index in [-0.39, 0.29) is 0 Å². The third-order valence-corrected chi connectivity index (χ3v) is 8.69. The molecule has 1 saturated heterocycles. The highest BCUT2D eigenvalue weighted by Gasteiger charge is 2.38. The molecule has 1 aliphatic rings. The molecule has 0 amide bonds. The van der Waals surface area contributed by atoms with Crippen LogP contribution >= 0.6 is 11.8 Å². The molecule has 0 radical (unpaired) electrons. The second-order valence-electron chi connectivity index (χ2n) is 5.99. The van der Waals surface area contributed by atoms with E-state index in [1.165, 1.54) is 12.8 Å². The molecule has 0 aliphatic carbocycles. The predicted octanol–water partition coefficient (Wildman–Crippen LogP) is 3.63. The van der Waals surface area contributed by atoms with E-state index in [0.29, 0.717) is 11.1 Å². The van der Waals surface area contributed by atoms with Crippen molar-refractivity contribution in [3.8, 4) is 0 Å². The molecule has 0 aromatic carbocycles. The lowest BCUT2D eigenvalue weighted by atomic mass is 10.2. The minimum Gasteiger partial charge on any atom is -0.415 e. The summed E-state index contributed by atoms with van der Waals surface area (Å²) in [5.74, 6) is 0. The standard InChI is InChI=1S/C11H24ClNOSi/c1-11(2,3)15(4,5)14-9-10-7-6-8-13(10)12/h10H,6-9H2,1-5H3/t10-/m0/s1. The minimum absolute atomic E-state index is 0.294. The van der Waals surface area contributed by atoms with Crippen molar-refractivity contribution < 1.29 is 4.43 Å². The Labute approximate surface area is 100 Å². The van der Waals surface area contributed by atoms with Crippen LogP contribution in [0.25, 0.3) is 0 Å². The SMILES string of the molecule is CC(C)(C)[Si](C)(C)OC[C@@H]1CCCN1Cl. The summed E-state index contributed by atoms with van der Waals surface area (Å²) in [6, 6.07) is 0.431. The van der Waals surface area contributed by atoms with Crippen LogP contribution in [0.1, 0.15) is 33.6 Å². The van der Waals surface area contributed by atoms with Gasteiger partial charge in [0.2, 0.25) is 0 Å². The van der Waals surface area contributed by atoms with Crippen molar-refractivity contribution in [2.45, 2.75) is 57.8 Å². The van der Waals surface area contributed by atoms with Gasteiger partial charge in [0.05, 0.1) is 6.61 Å². The van der Waals surface area contributed by atoms with Gasteiger partial charge in [-0.2, -0.15) is 0 Å². The van der Waals surface area contributed by atoms with Gasteiger partial charge in [-0.1, -0.05) is 20.8 Å². The van der Waals surface area contributed by atoms with Gasteiger partial charge in [-0.15, -0.1) is 0 Å². The molecule has 0 N–H and O–H groups in total. The Balaban J connectivity index is 2.42. The Morgan fingerprint density at radius 3 is 2.40 bits per heavy atom. The first-order chi connectivity index (χ1) is 6.74. The molecular formula is C11H24ClNOSi. The molecule has 0 unspecified atom stereocenters. The minimum atomic E-state index is -1.59. The van der Waals surface area contributed by atoms with Gasteiger partial charge in [0.25, 0.3) is 0 Å². The highest BCUT2D eigenvalue weighted by atomic mass is 35.5. The van der Waals surface area contributed by atoms with Crippen LogP contribution in [0.2, 0.25) is 18.1 Å². The zero-order valence-corrected chi connectivity index (χ0v) is 12.4. The third-order valence-electron chi connectivity index (χ3n) is 3.75. The summed E-state index contributed by atoms with van der Waals surface area (Å²) in [6.07, 6.45) is 2.38. The predicted molar refractivity (Wildman–Crippen MR) is 68.7 cm³/mol. The van der Waals surface area contributed by atoms with E-state index in [0.717, 1.165) is 13.2 Å². The number of halogens is 1. The molecule has 1 aliphatic heterocycles. The van der Waals surface area contributed by atoms with Crippen molar-refractivity contribution >= 4 is 20.1 Å². The van der Waals surface area contributed by atoms with Gasteiger partial charge in [-0.25, -0.2) is 4.42 Å². The van der Waals surface area contributed by atoms with Crippen LogP contribution < -0.4 is 0 Å². The molecule has 1 rings (SSSR count). The fourth-order valence-electron chi connectivity index (χ4n) is 1.49. The van der Waals surface area contributed by atoms with Crippen molar-refractivity contribution in [2.75, 3.05) is 13.2 Å². The van der Waals surface area contributed by atoms with Crippen molar-refractivity contribution in [2.24, 2.45) is 0 Å². The van der Waals surface area contributed by atoms with Crippen molar-refractivity contribution in [3.63, 3.8) is 0 Å². The Hall–Kier alpha value is 0.427. The lowest BCUT2D eigenvalue weighted by Crippen LogP contribution is -2.43. The maximum atomic E-state index is 6.16.